The zero-order valence-electron chi connectivity index (χ0n) is 10.7. The number of hydrogen-bond donors (Lipinski definition) is 1. The fourth-order valence-electron chi connectivity index (χ4n) is 2.30. The minimum absolute atomic E-state index is 0.676. The molecule has 0 radical (unpaired) electrons. The van der Waals surface area contributed by atoms with E-state index in [4.69, 9.17) is 0 Å². The van der Waals surface area contributed by atoms with E-state index in [9.17, 15) is 0 Å². The summed E-state index contributed by atoms with van der Waals surface area (Å²) in [5.74, 6) is 0.923. The van der Waals surface area contributed by atoms with Crippen LogP contribution in [0.3, 0.4) is 0 Å². The molecule has 1 atom stereocenters. The number of aryl methyl sites for hydroxylation is 2. The van der Waals surface area contributed by atoms with Crippen LogP contribution in [-0.2, 0) is 6.54 Å². The Labute approximate surface area is 99.3 Å². The topological polar surface area (TPSA) is 12.0 Å². The summed E-state index contributed by atoms with van der Waals surface area (Å²) >= 11 is 0. The first kappa shape index (κ1) is 11.7. The highest BCUT2D eigenvalue weighted by molar-refractivity contribution is 5.29. The number of hydrogen-bond acceptors (Lipinski definition) is 1. The van der Waals surface area contributed by atoms with Crippen molar-refractivity contribution in [1.82, 2.24) is 5.32 Å². The SMILES string of the molecule is Cc1ccc(CNC(C)C2CCC2)cc1C. The molecule has 2 rings (SSSR count). The predicted octanol–water partition coefficient (Wildman–Crippen LogP) is 3.58. The summed E-state index contributed by atoms with van der Waals surface area (Å²) in [6, 6.07) is 7.44. The number of benzene rings is 1. The molecule has 1 aliphatic carbocycles. The van der Waals surface area contributed by atoms with Crippen LogP contribution in [0, 0.1) is 19.8 Å². The summed E-state index contributed by atoms with van der Waals surface area (Å²) < 4.78 is 0. The van der Waals surface area contributed by atoms with Gasteiger partial charge in [-0.3, -0.25) is 0 Å². The zero-order valence-corrected chi connectivity index (χ0v) is 10.7. The largest absolute Gasteiger partial charge is 0.310 e. The van der Waals surface area contributed by atoms with Gasteiger partial charge in [-0.1, -0.05) is 24.6 Å². The second kappa shape index (κ2) is 5.01. The van der Waals surface area contributed by atoms with Gasteiger partial charge in [-0.05, 0) is 56.2 Å². The Morgan fingerprint density at radius 2 is 2.00 bits per heavy atom. The van der Waals surface area contributed by atoms with Crippen molar-refractivity contribution < 1.29 is 0 Å². The van der Waals surface area contributed by atoms with E-state index < -0.39 is 0 Å². The molecule has 0 spiro atoms. The Morgan fingerprint density at radius 3 is 2.56 bits per heavy atom. The van der Waals surface area contributed by atoms with E-state index in [1.165, 1.54) is 36.0 Å². The first-order chi connectivity index (χ1) is 7.66. The molecule has 1 fully saturated rings. The minimum atomic E-state index is 0.676. The average Bonchev–Trinajstić information content (AvgIpc) is 2.17. The van der Waals surface area contributed by atoms with Crippen molar-refractivity contribution in [2.75, 3.05) is 0 Å². The monoisotopic (exact) mass is 217 g/mol. The van der Waals surface area contributed by atoms with Crippen LogP contribution < -0.4 is 5.32 Å². The molecule has 16 heavy (non-hydrogen) atoms. The van der Waals surface area contributed by atoms with Crippen LogP contribution in [0.4, 0.5) is 0 Å². The second-order valence-corrected chi connectivity index (χ2v) is 5.28. The molecular formula is C15H23N. The van der Waals surface area contributed by atoms with Crippen molar-refractivity contribution in [3.8, 4) is 0 Å². The summed E-state index contributed by atoms with van der Waals surface area (Å²) in [7, 11) is 0. The molecule has 1 N–H and O–H groups in total. The van der Waals surface area contributed by atoms with Gasteiger partial charge in [0.25, 0.3) is 0 Å². The Hall–Kier alpha value is -0.820. The molecule has 0 saturated heterocycles. The summed E-state index contributed by atoms with van der Waals surface area (Å²) in [6.07, 6.45) is 4.27. The maximum atomic E-state index is 3.65. The van der Waals surface area contributed by atoms with Crippen LogP contribution in [0.2, 0.25) is 0 Å². The molecule has 0 amide bonds. The van der Waals surface area contributed by atoms with Crippen LogP contribution in [0.25, 0.3) is 0 Å². The van der Waals surface area contributed by atoms with Gasteiger partial charge in [0.2, 0.25) is 0 Å². The highest BCUT2D eigenvalue weighted by Crippen LogP contribution is 2.29. The third kappa shape index (κ3) is 2.65. The van der Waals surface area contributed by atoms with Crippen molar-refractivity contribution in [3.63, 3.8) is 0 Å². The molecule has 88 valence electrons. The third-order valence-electron chi connectivity index (χ3n) is 4.06. The Bertz CT molecular complexity index is 352. The molecule has 0 bridgehead atoms. The predicted molar refractivity (Wildman–Crippen MR) is 69.6 cm³/mol. The summed E-state index contributed by atoms with van der Waals surface area (Å²) in [4.78, 5) is 0. The Kier molecular flexibility index (Phi) is 3.65. The fourth-order valence-corrected chi connectivity index (χ4v) is 2.30. The molecule has 1 aliphatic rings. The fraction of sp³-hybridized carbons (Fsp3) is 0.600. The molecule has 1 unspecified atom stereocenters. The second-order valence-electron chi connectivity index (χ2n) is 5.28. The van der Waals surface area contributed by atoms with Crippen molar-refractivity contribution in [2.24, 2.45) is 5.92 Å². The third-order valence-corrected chi connectivity index (χ3v) is 4.06. The molecular weight excluding hydrogens is 194 g/mol. The van der Waals surface area contributed by atoms with E-state index in [1.807, 2.05) is 0 Å². The van der Waals surface area contributed by atoms with Gasteiger partial charge in [0.1, 0.15) is 0 Å². The maximum Gasteiger partial charge on any atom is 0.0208 e. The van der Waals surface area contributed by atoms with Crippen molar-refractivity contribution in [1.29, 1.82) is 0 Å². The van der Waals surface area contributed by atoms with Crippen LogP contribution in [-0.4, -0.2) is 6.04 Å². The maximum absolute atomic E-state index is 3.65. The van der Waals surface area contributed by atoms with Crippen LogP contribution in [0.1, 0.15) is 42.9 Å². The summed E-state index contributed by atoms with van der Waals surface area (Å²) in [5.41, 5.74) is 4.20. The summed E-state index contributed by atoms with van der Waals surface area (Å²) in [6.45, 7) is 7.70. The van der Waals surface area contributed by atoms with Gasteiger partial charge < -0.3 is 5.32 Å². The number of nitrogens with one attached hydrogen (secondary N) is 1. The van der Waals surface area contributed by atoms with Gasteiger partial charge in [-0.25, -0.2) is 0 Å². The van der Waals surface area contributed by atoms with Crippen LogP contribution in [0.15, 0.2) is 18.2 Å². The van der Waals surface area contributed by atoms with E-state index in [-0.39, 0.29) is 0 Å². The van der Waals surface area contributed by atoms with E-state index >= 15 is 0 Å². The van der Waals surface area contributed by atoms with E-state index in [0.717, 1.165) is 12.5 Å². The molecule has 0 aromatic heterocycles. The molecule has 1 saturated carbocycles. The normalized spacial score (nSPS) is 18.2. The average molecular weight is 217 g/mol. The molecule has 0 heterocycles. The van der Waals surface area contributed by atoms with E-state index in [0.29, 0.717) is 6.04 Å². The quantitative estimate of drug-likeness (QED) is 0.813. The zero-order chi connectivity index (χ0) is 11.5. The Morgan fingerprint density at radius 1 is 1.25 bits per heavy atom. The molecule has 1 aromatic rings. The smallest absolute Gasteiger partial charge is 0.0208 e. The van der Waals surface area contributed by atoms with E-state index in [1.54, 1.807) is 0 Å². The Balaban J connectivity index is 1.86. The highest BCUT2D eigenvalue weighted by Gasteiger charge is 2.23. The highest BCUT2D eigenvalue weighted by atomic mass is 14.9. The van der Waals surface area contributed by atoms with Gasteiger partial charge >= 0.3 is 0 Å². The van der Waals surface area contributed by atoms with Crippen molar-refractivity contribution in [2.45, 2.75) is 52.6 Å². The van der Waals surface area contributed by atoms with E-state index in [2.05, 4.69) is 44.3 Å². The van der Waals surface area contributed by atoms with Crippen LogP contribution in [0.5, 0.6) is 0 Å². The first-order valence-corrected chi connectivity index (χ1v) is 6.46. The van der Waals surface area contributed by atoms with Gasteiger partial charge in [-0.15, -0.1) is 0 Å². The first-order valence-electron chi connectivity index (χ1n) is 6.46. The lowest BCUT2D eigenvalue weighted by Crippen LogP contribution is -2.36. The molecule has 0 aliphatic heterocycles. The van der Waals surface area contributed by atoms with Gasteiger partial charge in [0, 0.05) is 12.6 Å². The van der Waals surface area contributed by atoms with Gasteiger partial charge in [0.05, 0.1) is 0 Å². The molecule has 1 heteroatoms. The minimum Gasteiger partial charge on any atom is -0.310 e. The lowest BCUT2D eigenvalue weighted by atomic mass is 9.80. The van der Waals surface area contributed by atoms with Crippen molar-refractivity contribution >= 4 is 0 Å². The lowest BCUT2D eigenvalue weighted by molar-refractivity contribution is 0.240. The molecule has 1 aromatic carbocycles. The number of rotatable bonds is 4. The molecule has 1 nitrogen and oxygen atoms in total. The van der Waals surface area contributed by atoms with Gasteiger partial charge in [0.15, 0.2) is 0 Å². The summed E-state index contributed by atoms with van der Waals surface area (Å²) in [5, 5.41) is 3.65. The lowest BCUT2D eigenvalue weighted by Gasteiger charge is -2.32. The standard InChI is InChI=1S/C15H23N/c1-11-7-8-14(9-12(11)2)10-16-13(3)15-5-4-6-15/h7-9,13,15-16H,4-6,10H2,1-3H3. The van der Waals surface area contributed by atoms with Crippen molar-refractivity contribution in [3.05, 3.63) is 34.9 Å². The van der Waals surface area contributed by atoms with Crippen LogP contribution >= 0.6 is 0 Å². The van der Waals surface area contributed by atoms with Gasteiger partial charge in [-0.2, -0.15) is 0 Å².